The van der Waals surface area contributed by atoms with Crippen molar-refractivity contribution in [1.29, 1.82) is 0 Å². The number of nitrogens with zero attached hydrogens (tertiary/aromatic N) is 4. The van der Waals surface area contributed by atoms with Crippen molar-refractivity contribution in [2.24, 2.45) is 0 Å². The van der Waals surface area contributed by atoms with E-state index in [9.17, 15) is 0 Å². The number of hydrogen-bond acceptors (Lipinski definition) is 2. The molecule has 0 aliphatic carbocycles. The van der Waals surface area contributed by atoms with Gasteiger partial charge in [-0.3, -0.25) is 0 Å². The summed E-state index contributed by atoms with van der Waals surface area (Å²) in [6.07, 6.45) is 0. The molecule has 10 aromatic carbocycles. The van der Waals surface area contributed by atoms with Crippen LogP contribution in [0.25, 0.3) is 76.9 Å². The fraction of sp³-hybridized carbons (Fsp3) is 0. The summed E-state index contributed by atoms with van der Waals surface area (Å²) in [5, 5.41) is 7.37. The van der Waals surface area contributed by atoms with Crippen molar-refractivity contribution in [3.8, 4) is 22.5 Å². The van der Waals surface area contributed by atoms with Gasteiger partial charge in [-0.05, 0) is 114 Å². The molecule has 13 rings (SSSR count). The van der Waals surface area contributed by atoms with Gasteiger partial charge in [-0.25, -0.2) is 0 Å². The van der Waals surface area contributed by atoms with E-state index in [2.05, 4.69) is 249 Å². The maximum Gasteiger partial charge on any atom is 0.0561 e. The quantitative estimate of drug-likeness (QED) is 0.167. The molecular weight excluding hydrogens is 753 g/mol. The third kappa shape index (κ3) is 5.14. The minimum Gasteiger partial charge on any atom is -0.310 e. The van der Waals surface area contributed by atoms with Gasteiger partial charge in [0.1, 0.15) is 0 Å². The molecule has 0 fully saturated rings. The third-order valence-corrected chi connectivity index (χ3v) is 12.8. The molecule has 0 N–H and O–H groups in total. The van der Waals surface area contributed by atoms with Crippen LogP contribution >= 0.6 is 0 Å². The highest BCUT2D eigenvalue weighted by Crippen LogP contribution is 2.53. The Morgan fingerprint density at radius 3 is 1.34 bits per heavy atom. The highest BCUT2D eigenvalue weighted by molar-refractivity contribution is 6.15. The standard InChI is InChI=1S/C58H38N4/c1-4-18-40(19-5-1)60-52-27-12-10-24-46(52)50-36-43(31-34-54(50)60)59(44-32-35-55-51(37-44)47-25-11-13-28-53(47)61(55)41-20-6-2-7-21-41)45-30-33-48-49-26-14-16-39-17-15-29-56(58(39)49)62(57(48)38-45)42-22-8-3-9-23-42/h1-38H. The molecular formula is C58H38N4. The van der Waals surface area contributed by atoms with Crippen LogP contribution in [0.5, 0.6) is 0 Å². The number of benzene rings is 10. The summed E-state index contributed by atoms with van der Waals surface area (Å²) >= 11 is 0. The van der Waals surface area contributed by atoms with E-state index < -0.39 is 0 Å². The van der Waals surface area contributed by atoms with Crippen molar-refractivity contribution in [3.05, 3.63) is 231 Å². The van der Waals surface area contributed by atoms with E-state index in [0.29, 0.717) is 0 Å². The average molecular weight is 791 g/mol. The number of aromatic nitrogens is 2. The van der Waals surface area contributed by atoms with E-state index in [-0.39, 0.29) is 0 Å². The Balaban J connectivity index is 1.08. The summed E-state index contributed by atoms with van der Waals surface area (Å²) in [6, 6.07) is 84.1. The lowest BCUT2D eigenvalue weighted by Crippen LogP contribution is -2.16. The molecule has 4 heteroatoms. The van der Waals surface area contributed by atoms with Crippen molar-refractivity contribution < 1.29 is 0 Å². The lowest BCUT2D eigenvalue weighted by atomic mass is 9.90. The summed E-state index contributed by atoms with van der Waals surface area (Å²) in [4.78, 5) is 4.90. The molecule has 1 aliphatic heterocycles. The zero-order chi connectivity index (χ0) is 40.7. The summed E-state index contributed by atoms with van der Waals surface area (Å²) in [7, 11) is 0. The Morgan fingerprint density at radius 2 is 0.758 bits per heavy atom. The summed E-state index contributed by atoms with van der Waals surface area (Å²) < 4.78 is 4.77. The minimum atomic E-state index is 1.08. The first-order valence-electron chi connectivity index (χ1n) is 21.3. The fourth-order valence-electron chi connectivity index (χ4n) is 10.1. The predicted molar refractivity (Wildman–Crippen MR) is 261 cm³/mol. The van der Waals surface area contributed by atoms with Crippen molar-refractivity contribution in [2.45, 2.75) is 0 Å². The maximum atomic E-state index is 2.45. The molecule has 0 bridgehead atoms. The fourth-order valence-corrected chi connectivity index (χ4v) is 10.1. The second-order valence-corrected chi connectivity index (χ2v) is 16.2. The van der Waals surface area contributed by atoms with Gasteiger partial charge in [0.25, 0.3) is 0 Å². The number of anilines is 6. The van der Waals surface area contributed by atoms with E-state index in [1.807, 2.05) is 0 Å². The topological polar surface area (TPSA) is 16.3 Å². The smallest absolute Gasteiger partial charge is 0.0561 e. The Labute approximate surface area is 359 Å². The van der Waals surface area contributed by atoms with E-state index in [4.69, 9.17) is 0 Å². The lowest BCUT2D eigenvalue weighted by Gasteiger charge is -2.35. The first-order valence-corrected chi connectivity index (χ1v) is 21.3. The van der Waals surface area contributed by atoms with Crippen LogP contribution in [-0.4, -0.2) is 9.13 Å². The molecule has 0 saturated heterocycles. The molecule has 0 unspecified atom stereocenters. The van der Waals surface area contributed by atoms with E-state index in [1.54, 1.807) is 0 Å². The molecule has 0 amide bonds. The number of fused-ring (bicyclic) bond motifs is 8. The second kappa shape index (κ2) is 13.6. The number of rotatable bonds is 6. The molecule has 12 aromatic rings. The summed E-state index contributed by atoms with van der Waals surface area (Å²) in [5.74, 6) is 0. The van der Waals surface area contributed by atoms with Crippen LogP contribution in [0, 0.1) is 0 Å². The molecule has 1 aliphatic rings. The van der Waals surface area contributed by atoms with Crippen molar-refractivity contribution >= 4 is 88.5 Å². The van der Waals surface area contributed by atoms with Gasteiger partial charge in [0.15, 0.2) is 0 Å². The van der Waals surface area contributed by atoms with Gasteiger partial charge in [-0.2, -0.15) is 0 Å². The van der Waals surface area contributed by atoms with Gasteiger partial charge in [0.2, 0.25) is 0 Å². The zero-order valence-corrected chi connectivity index (χ0v) is 33.7. The SMILES string of the molecule is c1ccc(N2c3cc(N(c4ccc5c(c4)c4ccccc4n5-c4ccccc4)c4ccc5c(c4)c4ccccc4n5-c4ccccc4)ccc3-c3cccc4cccc2c34)cc1. The normalized spacial score (nSPS) is 12.2. The highest BCUT2D eigenvalue weighted by Gasteiger charge is 2.28. The third-order valence-electron chi connectivity index (χ3n) is 12.8. The molecule has 0 saturated carbocycles. The van der Waals surface area contributed by atoms with Gasteiger partial charge in [0, 0.05) is 66.6 Å². The first-order chi connectivity index (χ1) is 30.8. The molecule has 0 atom stereocenters. The monoisotopic (exact) mass is 790 g/mol. The molecule has 2 aromatic heterocycles. The summed E-state index contributed by atoms with van der Waals surface area (Å²) in [5.41, 5.74) is 16.2. The predicted octanol–water partition coefficient (Wildman–Crippen LogP) is 16.0. The van der Waals surface area contributed by atoms with Gasteiger partial charge in [-0.1, -0.05) is 127 Å². The maximum absolute atomic E-state index is 2.45. The average Bonchev–Trinajstić information content (AvgIpc) is 3.85. The van der Waals surface area contributed by atoms with E-state index in [1.165, 1.54) is 71.2 Å². The highest BCUT2D eigenvalue weighted by atomic mass is 15.2. The Hall–Kier alpha value is -8.34. The lowest BCUT2D eigenvalue weighted by molar-refractivity contribution is 1.18. The van der Waals surface area contributed by atoms with Crippen molar-refractivity contribution in [3.63, 3.8) is 0 Å². The number of hydrogen-bond donors (Lipinski definition) is 0. The Kier molecular flexibility index (Phi) is 7.57. The molecule has 0 radical (unpaired) electrons. The summed E-state index contributed by atoms with van der Waals surface area (Å²) in [6.45, 7) is 0. The van der Waals surface area contributed by atoms with Gasteiger partial charge < -0.3 is 18.9 Å². The number of para-hydroxylation sites is 5. The second-order valence-electron chi connectivity index (χ2n) is 16.2. The molecule has 4 nitrogen and oxygen atoms in total. The van der Waals surface area contributed by atoms with Gasteiger partial charge in [-0.15, -0.1) is 0 Å². The zero-order valence-electron chi connectivity index (χ0n) is 33.7. The first kappa shape index (κ1) is 34.5. The van der Waals surface area contributed by atoms with Gasteiger partial charge in [0.05, 0.1) is 33.4 Å². The van der Waals surface area contributed by atoms with Crippen LogP contribution in [0.15, 0.2) is 231 Å². The van der Waals surface area contributed by atoms with Crippen LogP contribution in [0.1, 0.15) is 0 Å². The largest absolute Gasteiger partial charge is 0.310 e. The van der Waals surface area contributed by atoms with Crippen LogP contribution < -0.4 is 9.80 Å². The van der Waals surface area contributed by atoms with E-state index in [0.717, 1.165) is 39.8 Å². The molecule has 0 spiro atoms. The molecule has 3 heterocycles. The van der Waals surface area contributed by atoms with Crippen molar-refractivity contribution in [2.75, 3.05) is 9.80 Å². The Morgan fingerprint density at radius 1 is 0.290 bits per heavy atom. The van der Waals surface area contributed by atoms with Crippen LogP contribution in [0.3, 0.4) is 0 Å². The van der Waals surface area contributed by atoms with Crippen molar-refractivity contribution in [1.82, 2.24) is 9.13 Å². The van der Waals surface area contributed by atoms with Crippen LogP contribution in [-0.2, 0) is 0 Å². The van der Waals surface area contributed by atoms with E-state index >= 15 is 0 Å². The van der Waals surface area contributed by atoms with Crippen LogP contribution in [0.2, 0.25) is 0 Å². The minimum absolute atomic E-state index is 1.08. The van der Waals surface area contributed by atoms with Gasteiger partial charge >= 0.3 is 0 Å². The Bertz CT molecular complexity index is 3530. The molecule has 62 heavy (non-hydrogen) atoms. The molecule has 290 valence electrons. The van der Waals surface area contributed by atoms with Crippen LogP contribution in [0.4, 0.5) is 34.1 Å².